The minimum absolute atomic E-state index is 0.699. The van der Waals surface area contributed by atoms with E-state index in [4.69, 9.17) is 9.97 Å². The number of aromatic nitrogens is 2. The van der Waals surface area contributed by atoms with Crippen LogP contribution in [0.5, 0.6) is 0 Å². The second-order valence-corrected chi connectivity index (χ2v) is 14.5. The first kappa shape index (κ1) is 32.0. The lowest BCUT2D eigenvalue weighted by Crippen LogP contribution is -1.98. The molecule has 11 rings (SSSR count). The third-order valence-electron chi connectivity index (χ3n) is 11.3. The fourth-order valence-corrected chi connectivity index (χ4v) is 8.69. The van der Waals surface area contributed by atoms with Crippen molar-refractivity contribution >= 4 is 53.9 Å². The molecule has 0 spiro atoms. The second-order valence-electron chi connectivity index (χ2n) is 14.5. The minimum Gasteiger partial charge on any atom is -0.228 e. The van der Waals surface area contributed by atoms with Crippen LogP contribution in [-0.4, -0.2) is 9.97 Å². The van der Waals surface area contributed by atoms with Crippen molar-refractivity contribution in [1.29, 1.82) is 0 Å². The summed E-state index contributed by atoms with van der Waals surface area (Å²) in [6.07, 6.45) is 0. The summed E-state index contributed by atoms with van der Waals surface area (Å²) >= 11 is 0. The van der Waals surface area contributed by atoms with Gasteiger partial charge in [-0.1, -0.05) is 194 Å². The first-order valence-corrected chi connectivity index (χ1v) is 19.2. The van der Waals surface area contributed by atoms with Gasteiger partial charge in [-0.05, 0) is 88.2 Å². The molecule has 0 amide bonds. The van der Waals surface area contributed by atoms with Crippen LogP contribution >= 0.6 is 0 Å². The van der Waals surface area contributed by atoms with E-state index in [9.17, 15) is 0 Å². The summed E-state index contributed by atoms with van der Waals surface area (Å²) in [7, 11) is 0. The molecule has 0 N–H and O–H groups in total. The molecule has 0 unspecified atom stereocenters. The molecular weight excluding hydrogens is 677 g/mol. The Hall–Kier alpha value is -7.42. The van der Waals surface area contributed by atoms with E-state index in [0.29, 0.717) is 5.82 Å². The van der Waals surface area contributed by atoms with Crippen LogP contribution in [0.2, 0.25) is 0 Å². The van der Waals surface area contributed by atoms with Crippen molar-refractivity contribution in [3.8, 4) is 56.2 Å². The summed E-state index contributed by atoms with van der Waals surface area (Å²) in [5.74, 6) is 0.699. The lowest BCUT2D eigenvalue weighted by atomic mass is 9.86. The first-order valence-electron chi connectivity index (χ1n) is 19.2. The fourth-order valence-electron chi connectivity index (χ4n) is 8.69. The van der Waals surface area contributed by atoms with Gasteiger partial charge in [-0.25, -0.2) is 9.97 Å². The summed E-state index contributed by atoms with van der Waals surface area (Å²) < 4.78 is 0. The number of benzene rings is 10. The van der Waals surface area contributed by atoms with Crippen LogP contribution in [0.15, 0.2) is 206 Å². The molecule has 10 aromatic carbocycles. The van der Waals surface area contributed by atoms with Gasteiger partial charge >= 0.3 is 0 Å². The monoisotopic (exact) mass is 710 g/mol. The van der Waals surface area contributed by atoms with Crippen molar-refractivity contribution in [2.24, 2.45) is 0 Å². The molecule has 0 saturated heterocycles. The molecule has 0 radical (unpaired) electrons. The highest BCUT2D eigenvalue weighted by atomic mass is 14.9. The summed E-state index contributed by atoms with van der Waals surface area (Å²) in [5.41, 5.74) is 9.69. The van der Waals surface area contributed by atoms with Crippen LogP contribution in [0.4, 0.5) is 0 Å². The number of nitrogens with zero attached hydrogens (tertiary/aromatic N) is 2. The van der Waals surface area contributed by atoms with Crippen LogP contribution in [0.25, 0.3) is 110 Å². The van der Waals surface area contributed by atoms with E-state index in [-0.39, 0.29) is 0 Å². The van der Waals surface area contributed by atoms with Gasteiger partial charge in [0.25, 0.3) is 0 Å². The Bertz CT molecular complexity index is 3290. The lowest BCUT2D eigenvalue weighted by Gasteiger charge is -2.18. The van der Waals surface area contributed by atoms with Crippen LogP contribution in [0.1, 0.15) is 0 Å². The fraction of sp³-hybridized carbons (Fsp3) is 0. The predicted octanol–water partition coefficient (Wildman–Crippen LogP) is 14.6. The van der Waals surface area contributed by atoms with E-state index in [0.717, 1.165) is 50.0 Å². The van der Waals surface area contributed by atoms with Crippen molar-refractivity contribution in [2.75, 3.05) is 0 Å². The van der Waals surface area contributed by atoms with Gasteiger partial charge in [0.15, 0.2) is 5.82 Å². The Balaban J connectivity index is 1.20. The van der Waals surface area contributed by atoms with Crippen LogP contribution < -0.4 is 0 Å². The summed E-state index contributed by atoms with van der Waals surface area (Å²) in [4.78, 5) is 10.7. The first-order chi connectivity index (χ1) is 27.8. The second kappa shape index (κ2) is 13.2. The number of hydrogen-bond acceptors (Lipinski definition) is 2. The summed E-state index contributed by atoms with van der Waals surface area (Å²) in [6, 6.07) is 74.0. The zero-order valence-electron chi connectivity index (χ0n) is 30.5. The molecule has 0 aliphatic heterocycles. The Kier molecular flexibility index (Phi) is 7.53. The molecule has 2 heteroatoms. The summed E-state index contributed by atoms with van der Waals surface area (Å²) in [6.45, 7) is 0. The third-order valence-corrected chi connectivity index (χ3v) is 11.3. The topological polar surface area (TPSA) is 25.8 Å². The predicted molar refractivity (Wildman–Crippen MR) is 237 cm³/mol. The van der Waals surface area contributed by atoms with Crippen LogP contribution in [-0.2, 0) is 0 Å². The zero-order valence-corrected chi connectivity index (χ0v) is 30.5. The van der Waals surface area contributed by atoms with Gasteiger partial charge in [0, 0.05) is 16.7 Å². The molecule has 11 aromatic rings. The minimum atomic E-state index is 0.699. The Morgan fingerprint density at radius 3 is 1.48 bits per heavy atom. The molecule has 0 saturated carbocycles. The van der Waals surface area contributed by atoms with Gasteiger partial charge in [0.05, 0.1) is 11.4 Å². The smallest absolute Gasteiger partial charge is 0.160 e. The highest BCUT2D eigenvalue weighted by Gasteiger charge is 2.20. The Morgan fingerprint density at radius 2 is 0.750 bits per heavy atom. The standard InChI is InChI=1S/C54H34N2/c1-3-15-35(16-4-1)43-29-27-37-18-8-11-23-41(37)53(43)51-34-50(55-54(56-51)38-19-5-2-6-20-38)46-31-32-47(45-26-14-13-25-44(45)46)52-42-24-12-9-21-39(42)33-49-40-22-10-7-17-36(40)28-30-48(49)52/h1-34H. The van der Waals surface area contributed by atoms with Crippen molar-refractivity contribution in [3.05, 3.63) is 206 Å². The van der Waals surface area contributed by atoms with Gasteiger partial charge in [0.2, 0.25) is 0 Å². The molecule has 0 aliphatic carbocycles. The maximum Gasteiger partial charge on any atom is 0.160 e. The molecule has 1 heterocycles. The van der Waals surface area contributed by atoms with Gasteiger partial charge in [-0.15, -0.1) is 0 Å². The number of rotatable bonds is 5. The normalized spacial score (nSPS) is 11.6. The van der Waals surface area contributed by atoms with E-state index in [1.54, 1.807) is 0 Å². The molecule has 0 bridgehead atoms. The maximum absolute atomic E-state index is 5.36. The molecule has 0 atom stereocenters. The average molecular weight is 711 g/mol. The Labute approximate surface area is 325 Å². The average Bonchev–Trinajstić information content (AvgIpc) is 3.28. The summed E-state index contributed by atoms with van der Waals surface area (Å²) in [5, 5.41) is 12.2. The van der Waals surface area contributed by atoms with Gasteiger partial charge < -0.3 is 0 Å². The maximum atomic E-state index is 5.36. The van der Waals surface area contributed by atoms with Crippen LogP contribution in [0, 0.1) is 0 Å². The van der Waals surface area contributed by atoms with Crippen LogP contribution in [0.3, 0.4) is 0 Å². The van der Waals surface area contributed by atoms with Crippen molar-refractivity contribution in [1.82, 2.24) is 9.97 Å². The highest BCUT2D eigenvalue weighted by molar-refractivity contribution is 6.23. The molecule has 1 aromatic heterocycles. The van der Waals surface area contributed by atoms with Crippen molar-refractivity contribution < 1.29 is 0 Å². The van der Waals surface area contributed by atoms with E-state index < -0.39 is 0 Å². The van der Waals surface area contributed by atoms with Gasteiger partial charge in [0.1, 0.15) is 0 Å². The van der Waals surface area contributed by atoms with Gasteiger partial charge in [-0.3, -0.25) is 0 Å². The largest absolute Gasteiger partial charge is 0.228 e. The molecular formula is C54H34N2. The van der Waals surface area contributed by atoms with E-state index in [1.807, 2.05) is 6.07 Å². The van der Waals surface area contributed by atoms with Gasteiger partial charge in [-0.2, -0.15) is 0 Å². The van der Waals surface area contributed by atoms with E-state index >= 15 is 0 Å². The number of fused-ring (bicyclic) bond motifs is 6. The molecule has 260 valence electrons. The zero-order chi connectivity index (χ0) is 37.0. The molecule has 56 heavy (non-hydrogen) atoms. The van der Waals surface area contributed by atoms with E-state index in [2.05, 4.69) is 200 Å². The van der Waals surface area contributed by atoms with E-state index in [1.165, 1.54) is 54.2 Å². The number of hydrogen-bond donors (Lipinski definition) is 0. The Morgan fingerprint density at radius 1 is 0.250 bits per heavy atom. The molecule has 2 nitrogen and oxygen atoms in total. The molecule has 0 aliphatic rings. The SMILES string of the molecule is c1ccc(-c2nc(-c3c(-c4ccccc4)ccc4ccccc34)cc(-c3ccc(-c4c5ccccc5cc5c4ccc4ccccc45)c4ccccc34)n2)cc1. The lowest BCUT2D eigenvalue weighted by molar-refractivity contribution is 1.19. The third kappa shape index (κ3) is 5.26. The van der Waals surface area contributed by atoms with Crippen molar-refractivity contribution in [3.63, 3.8) is 0 Å². The van der Waals surface area contributed by atoms with Crippen molar-refractivity contribution in [2.45, 2.75) is 0 Å². The quantitative estimate of drug-likeness (QED) is 0.131. The molecule has 0 fully saturated rings. The highest BCUT2D eigenvalue weighted by Crippen LogP contribution is 2.45.